The molecule has 0 aromatic heterocycles. The molecule has 126 valence electrons. The normalized spacial score (nSPS) is 15.9. The second-order valence-electron chi connectivity index (χ2n) is 6.46. The van der Waals surface area contributed by atoms with Crippen molar-refractivity contribution in [2.45, 2.75) is 37.6 Å². The number of amides is 1. The van der Waals surface area contributed by atoms with Crippen LogP contribution in [0, 0.1) is 0 Å². The molecule has 2 N–H and O–H groups in total. The second-order valence-corrected chi connectivity index (χ2v) is 6.46. The van der Waals surface area contributed by atoms with Gasteiger partial charge in [0.05, 0.1) is 5.92 Å². The Labute approximate surface area is 143 Å². The molecule has 1 saturated carbocycles. The molecule has 2 aromatic rings. The van der Waals surface area contributed by atoms with Crippen LogP contribution < -0.4 is 10.4 Å². The van der Waals surface area contributed by atoms with Gasteiger partial charge in [0, 0.05) is 18.8 Å². The lowest BCUT2D eigenvalue weighted by Gasteiger charge is -2.27. The summed E-state index contributed by atoms with van der Waals surface area (Å²) in [5.41, 5.74) is 4.70. The largest absolute Gasteiger partial charge is 0.372 e. The Morgan fingerprint density at radius 1 is 1.04 bits per heavy atom. The lowest BCUT2D eigenvalue weighted by atomic mass is 9.90. The smallest absolute Gasteiger partial charge is 0.255 e. The van der Waals surface area contributed by atoms with Crippen LogP contribution in [0.15, 0.2) is 54.6 Å². The molecule has 0 aliphatic heterocycles. The van der Waals surface area contributed by atoms with Gasteiger partial charge < -0.3 is 4.90 Å². The van der Waals surface area contributed by atoms with Crippen LogP contribution in [0.1, 0.15) is 42.7 Å². The zero-order chi connectivity index (χ0) is 16.9. The topological polar surface area (TPSA) is 52.6 Å². The molecule has 0 heterocycles. The summed E-state index contributed by atoms with van der Waals surface area (Å²) in [4.78, 5) is 14.5. The Morgan fingerprint density at radius 2 is 1.62 bits per heavy atom. The second kappa shape index (κ2) is 7.49. The number of carbonyl (C=O) groups is 1. The van der Waals surface area contributed by atoms with Gasteiger partial charge in [0.1, 0.15) is 0 Å². The Balaban J connectivity index is 1.85. The van der Waals surface area contributed by atoms with Gasteiger partial charge in [-0.15, -0.1) is 0 Å². The molecular formula is C20H24N2O2. The van der Waals surface area contributed by atoms with Gasteiger partial charge in [0.15, 0.2) is 0 Å². The van der Waals surface area contributed by atoms with Crippen molar-refractivity contribution in [1.29, 1.82) is 0 Å². The fraction of sp³-hybridized carbons (Fsp3) is 0.350. The number of hydrogen-bond donors (Lipinski definition) is 2. The monoisotopic (exact) mass is 324 g/mol. The molecule has 4 nitrogen and oxygen atoms in total. The molecule has 24 heavy (non-hydrogen) atoms. The third kappa shape index (κ3) is 3.44. The van der Waals surface area contributed by atoms with Crippen LogP contribution in [0.4, 0.5) is 5.69 Å². The third-order valence-electron chi connectivity index (χ3n) is 5.01. The van der Waals surface area contributed by atoms with Crippen molar-refractivity contribution in [3.05, 3.63) is 65.7 Å². The molecule has 0 spiro atoms. The minimum absolute atomic E-state index is 0.418. The van der Waals surface area contributed by atoms with Crippen LogP contribution in [0.2, 0.25) is 0 Å². The number of carbonyl (C=O) groups excluding carboxylic acids is 1. The number of hydrogen-bond acceptors (Lipinski definition) is 3. The number of nitrogens with one attached hydrogen (secondary N) is 1. The van der Waals surface area contributed by atoms with E-state index in [-0.39, 0.29) is 0 Å². The summed E-state index contributed by atoms with van der Waals surface area (Å²) in [6.07, 6.45) is 5.11. The minimum atomic E-state index is -0.512. The maximum absolute atomic E-state index is 12.2. The summed E-state index contributed by atoms with van der Waals surface area (Å²) in [7, 11) is 2.14. The fourth-order valence-corrected chi connectivity index (χ4v) is 3.61. The molecule has 1 amide bonds. The van der Waals surface area contributed by atoms with Gasteiger partial charge in [-0.2, -0.15) is 0 Å². The van der Waals surface area contributed by atoms with Crippen molar-refractivity contribution < 1.29 is 10.0 Å². The average molecular weight is 324 g/mol. The highest BCUT2D eigenvalue weighted by Gasteiger charge is 2.23. The van der Waals surface area contributed by atoms with Gasteiger partial charge >= 0.3 is 0 Å². The standard InChI is InChI=1S/C20H24N2O2/c1-22(17-9-5-6-10-17)18-13-11-16(12-14-18)19(20(23)21-24)15-7-3-2-4-8-15/h2-4,7-8,11-14,17,19,24H,5-6,9-10H2,1H3,(H,21,23). The highest BCUT2D eigenvalue weighted by Crippen LogP contribution is 2.30. The average Bonchev–Trinajstić information content (AvgIpc) is 3.17. The Kier molecular flexibility index (Phi) is 5.16. The molecule has 1 atom stereocenters. The van der Waals surface area contributed by atoms with Crippen molar-refractivity contribution in [3.8, 4) is 0 Å². The van der Waals surface area contributed by atoms with Gasteiger partial charge in [-0.3, -0.25) is 10.0 Å². The number of nitrogens with zero attached hydrogens (tertiary/aromatic N) is 1. The molecule has 1 unspecified atom stereocenters. The summed E-state index contributed by atoms with van der Waals surface area (Å²) in [6, 6.07) is 18.2. The van der Waals surface area contributed by atoms with Crippen molar-refractivity contribution in [2.75, 3.05) is 11.9 Å². The Hall–Kier alpha value is -2.33. The van der Waals surface area contributed by atoms with Crippen molar-refractivity contribution in [1.82, 2.24) is 5.48 Å². The number of anilines is 1. The van der Waals surface area contributed by atoms with Gasteiger partial charge in [-0.25, -0.2) is 5.48 Å². The van der Waals surface area contributed by atoms with Gasteiger partial charge in [0.25, 0.3) is 5.91 Å². The van der Waals surface area contributed by atoms with Gasteiger partial charge in [-0.1, -0.05) is 55.3 Å². The SMILES string of the molecule is CN(c1ccc(C(C(=O)NO)c2ccccc2)cc1)C1CCCC1. The van der Waals surface area contributed by atoms with Crippen molar-refractivity contribution in [2.24, 2.45) is 0 Å². The van der Waals surface area contributed by atoms with E-state index in [2.05, 4.69) is 24.1 Å². The van der Waals surface area contributed by atoms with Crippen LogP contribution in [0.5, 0.6) is 0 Å². The number of benzene rings is 2. The molecule has 0 saturated heterocycles. The van der Waals surface area contributed by atoms with E-state index in [9.17, 15) is 4.79 Å². The molecule has 1 aliphatic rings. The molecule has 1 aliphatic carbocycles. The summed E-state index contributed by atoms with van der Waals surface area (Å²) in [6.45, 7) is 0. The molecular weight excluding hydrogens is 300 g/mol. The third-order valence-corrected chi connectivity index (χ3v) is 5.01. The number of hydroxylamine groups is 1. The Bertz CT molecular complexity index is 664. The zero-order valence-electron chi connectivity index (χ0n) is 14.0. The minimum Gasteiger partial charge on any atom is -0.372 e. The maximum atomic E-state index is 12.2. The molecule has 4 heteroatoms. The van der Waals surface area contributed by atoms with E-state index in [1.807, 2.05) is 42.5 Å². The first-order valence-electron chi connectivity index (χ1n) is 8.52. The molecule has 1 fully saturated rings. The molecule has 0 bridgehead atoms. The van der Waals surface area contributed by atoms with Gasteiger partial charge in [-0.05, 0) is 36.1 Å². The fourth-order valence-electron chi connectivity index (χ4n) is 3.61. The van der Waals surface area contributed by atoms with Crippen LogP contribution >= 0.6 is 0 Å². The highest BCUT2D eigenvalue weighted by atomic mass is 16.5. The van der Waals surface area contributed by atoms with E-state index in [4.69, 9.17) is 5.21 Å². The maximum Gasteiger partial charge on any atom is 0.255 e. The molecule has 2 aromatic carbocycles. The summed E-state index contributed by atoms with van der Waals surface area (Å²) in [5, 5.41) is 9.11. The zero-order valence-corrected chi connectivity index (χ0v) is 14.0. The first-order chi connectivity index (χ1) is 11.7. The Morgan fingerprint density at radius 3 is 2.21 bits per heavy atom. The quantitative estimate of drug-likeness (QED) is 0.651. The predicted octanol–water partition coefficient (Wildman–Crippen LogP) is 3.70. The first kappa shape index (κ1) is 16.5. The van der Waals surface area contributed by atoms with Crippen LogP contribution in [0.3, 0.4) is 0 Å². The van der Waals surface area contributed by atoms with Crippen LogP contribution in [0.25, 0.3) is 0 Å². The lowest BCUT2D eigenvalue weighted by Crippen LogP contribution is -2.29. The predicted molar refractivity (Wildman–Crippen MR) is 95.3 cm³/mol. The highest BCUT2D eigenvalue weighted by molar-refractivity contribution is 5.86. The van der Waals surface area contributed by atoms with E-state index in [1.54, 1.807) is 5.48 Å². The number of rotatable bonds is 5. The first-order valence-corrected chi connectivity index (χ1v) is 8.52. The van der Waals surface area contributed by atoms with Crippen LogP contribution in [-0.4, -0.2) is 24.2 Å². The summed E-state index contributed by atoms with van der Waals surface area (Å²) < 4.78 is 0. The van der Waals surface area contributed by atoms with Gasteiger partial charge in [0.2, 0.25) is 0 Å². The lowest BCUT2D eigenvalue weighted by molar-refractivity contribution is -0.129. The summed E-state index contributed by atoms with van der Waals surface area (Å²) in [5.74, 6) is -0.930. The van der Waals surface area contributed by atoms with E-state index in [0.717, 1.165) is 11.1 Å². The van der Waals surface area contributed by atoms with E-state index in [0.29, 0.717) is 6.04 Å². The summed E-state index contributed by atoms with van der Waals surface area (Å²) >= 11 is 0. The van der Waals surface area contributed by atoms with E-state index in [1.165, 1.54) is 31.4 Å². The van der Waals surface area contributed by atoms with Crippen molar-refractivity contribution >= 4 is 11.6 Å². The van der Waals surface area contributed by atoms with E-state index >= 15 is 0 Å². The van der Waals surface area contributed by atoms with Crippen molar-refractivity contribution in [3.63, 3.8) is 0 Å². The van der Waals surface area contributed by atoms with Crippen LogP contribution in [-0.2, 0) is 4.79 Å². The molecule has 0 radical (unpaired) electrons. The molecule has 3 rings (SSSR count). The van der Waals surface area contributed by atoms with E-state index < -0.39 is 11.8 Å².